The highest BCUT2D eigenvalue weighted by Gasteiger charge is 2.17. The molecule has 0 unspecified atom stereocenters. The molecule has 2 aromatic carbocycles. The second-order valence-corrected chi connectivity index (χ2v) is 4.38. The fourth-order valence-electron chi connectivity index (χ4n) is 1.98. The van der Waals surface area contributed by atoms with E-state index in [1.54, 1.807) is 12.1 Å². The Labute approximate surface area is 107 Å². The van der Waals surface area contributed by atoms with Crippen molar-refractivity contribution in [2.45, 2.75) is 18.9 Å². The van der Waals surface area contributed by atoms with Crippen LogP contribution in [-0.4, -0.2) is 5.11 Å². The Morgan fingerprint density at radius 3 is 2.11 bits per heavy atom. The molecule has 0 amide bonds. The molecule has 0 aliphatic rings. The van der Waals surface area contributed by atoms with Crippen LogP contribution in [0, 0.1) is 11.3 Å². The number of nitriles is 1. The Hall–Kier alpha value is -2.11. The van der Waals surface area contributed by atoms with E-state index in [1.807, 2.05) is 49.4 Å². The zero-order valence-corrected chi connectivity index (χ0v) is 10.2. The van der Waals surface area contributed by atoms with Crippen molar-refractivity contribution in [1.82, 2.24) is 0 Å². The van der Waals surface area contributed by atoms with Gasteiger partial charge >= 0.3 is 0 Å². The predicted octanol–water partition coefficient (Wildman–Crippen LogP) is 3.40. The van der Waals surface area contributed by atoms with Crippen LogP contribution in [0.3, 0.4) is 0 Å². The van der Waals surface area contributed by atoms with E-state index in [0.29, 0.717) is 5.56 Å². The molecule has 90 valence electrons. The van der Waals surface area contributed by atoms with Gasteiger partial charge in [0.2, 0.25) is 0 Å². The van der Waals surface area contributed by atoms with Crippen molar-refractivity contribution in [3.63, 3.8) is 0 Å². The average molecular weight is 237 g/mol. The molecule has 0 saturated carbocycles. The molecule has 2 heteroatoms. The maximum atomic E-state index is 10.3. The molecule has 0 aromatic heterocycles. The van der Waals surface area contributed by atoms with Gasteiger partial charge in [0.25, 0.3) is 0 Å². The first-order chi connectivity index (χ1) is 8.72. The number of hydrogen-bond donors (Lipinski definition) is 1. The fourth-order valence-corrected chi connectivity index (χ4v) is 1.98. The van der Waals surface area contributed by atoms with Crippen LogP contribution in [0.15, 0.2) is 54.6 Å². The number of benzene rings is 2. The fraction of sp³-hybridized carbons (Fsp3) is 0.188. The summed E-state index contributed by atoms with van der Waals surface area (Å²) in [6.07, 6.45) is -0.529. The third-order valence-electron chi connectivity index (χ3n) is 3.18. The van der Waals surface area contributed by atoms with E-state index in [9.17, 15) is 5.11 Å². The van der Waals surface area contributed by atoms with E-state index < -0.39 is 6.10 Å². The third-order valence-corrected chi connectivity index (χ3v) is 3.18. The second-order valence-electron chi connectivity index (χ2n) is 4.38. The van der Waals surface area contributed by atoms with Gasteiger partial charge in [-0.15, -0.1) is 0 Å². The second kappa shape index (κ2) is 5.48. The summed E-state index contributed by atoms with van der Waals surface area (Å²) in [5, 5.41) is 19.1. The number of aliphatic hydroxyl groups is 1. The van der Waals surface area contributed by atoms with Crippen LogP contribution in [0.25, 0.3) is 0 Å². The smallest absolute Gasteiger partial charge is 0.0991 e. The standard InChI is InChI=1S/C16H15NO/c1-12(14-9-7-13(11-17)8-10-14)16(18)15-5-3-2-4-6-15/h2-10,12,16,18H,1H3/t12-,16-/m1/s1. The highest BCUT2D eigenvalue weighted by molar-refractivity contribution is 5.34. The Balaban J connectivity index is 2.20. The van der Waals surface area contributed by atoms with Gasteiger partial charge in [-0.3, -0.25) is 0 Å². The highest BCUT2D eigenvalue weighted by Crippen LogP contribution is 2.30. The van der Waals surface area contributed by atoms with Crippen molar-refractivity contribution < 1.29 is 5.11 Å². The normalized spacial score (nSPS) is 13.6. The lowest BCUT2D eigenvalue weighted by atomic mass is 9.90. The Morgan fingerprint density at radius 1 is 0.944 bits per heavy atom. The molecule has 18 heavy (non-hydrogen) atoms. The van der Waals surface area contributed by atoms with Crippen LogP contribution in [0.2, 0.25) is 0 Å². The molecule has 0 aliphatic carbocycles. The van der Waals surface area contributed by atoms with E-state index >= 15 is 0 Å². The molecular formula is C16H15NO. The SMILES string of the molecule is C[C@H](c1ccc(C#N)cc1)[C@@H](O)c1ccccc1. The predicted molar refractivity (Wildman–Crippen MR) is 71.0 cm³/mol. The van der Waals surface area contributed by atoms with E-state index in [-0.39, 0.29) is 5.92 Å². The maximum absolute atomic E-state index is 10.3. The molecule has 2 nitrogen and oxygen atoms in total. The van der Waals surface area contributed by atoms with Crippen LogP contribution in [0.1, 0.15) is 35.6 Å². The van der Waals surface area contributed by atoms with Gasteiger partial charge < -0.3 is 5.11 Å². The highest BCUT2D eigenvalue weighted by atomic mass is 16.3. The minimum atomic E-state index is -0.529. The van der Waals surface area contributed by atoms with Crippen LogP contribution >= 0.6 is 0 Å². The van der Waals surface area contributed by atoms with E-state index in [0.717, 1.165) is 11.1 Å². The Kier molecular flexibility index (Phi) is 3.76. The summed E-state index contributed by atoms with van der Waals surface area (Å²) in [5.74, 6) is 0.000132. The number of nitrogens with zero attached hydrogens (tertiary/aromatic N) is 1. The van der Waals surface area contributed by atoms with Crippen molar-refractivity contribution in [3.05, 3.63) is 71.3 Å². The summed E-state index contributed by atoms with van der Waals surface area (Å²) < 4.78 is 0. The van der Waals surface area contributed by atoms with Crippen molar-refractivity contribution in [1.29, 1.82) is 5.26 Å². The van der Waals surface area contributed by atoms with Crippen molar-refractivity contribution in [3.8, 4) is 6.07 Å². The first kappa shape index (κ1) is 12.3. The van der Waals surface area contributed by atoms with Gasteiger partial charge in [-0.2, -0.15) is 5.26 Å². The van der Waals surface area contributed by atoms with Gasteiger partial charge in [-0.25, -0.2) is 0 Å². The minimum Gasteiger partial charge on any atom is -0.388 e. The summed E-state index contributed by atoms with van der Waals surface area (Å²) >= 11 is 0. The number of rotatable bonds is 3. The van der Waals surface area contributed by atoms with Gasteiger partial charge in [0.05, 0.1) is 17.7 Å². The van der Waals surface area contributed by atoms with Crippen molar-refractivity contribution in [2.24, 2.45) is 0 Å². The Bertz CT molecular complexity index is 540. The van der Waals surface area contributed by atoms with Crippen LogP contribution in [0.4, 0.5) is 0 Å². The van der Waals surface area contributed by atoms with E-state index in [4.69, 9.17) is 5.26 Å². The van der Waals surface area contributed by atoms with E-state index in [1.165, 1.54) is 0 Å². The van der Waals surface area contributed by atoms with Gasteiger partial charge in [0.15, 0.2) is 0 Å². The van der Waals surface area contributed by atoms with E-state index in [2.05, 4.69) is 6.07 Å². The quantitative estimate of drug-likeness (QED) is 0.889. The third kappa shape index (κ3) is 2.58. The zero-order valence-electron chi connectivity index (χ0n) is 10.2. The van der Waals surface area contributed by atoms with Crippen LogP contribution in [0.5, 0.6) is 0 Å². The summed E-state index contributed by atoms with van der Waals surface area (Å²) in [4.78, 5) is 0. The van der Waals surface area contributed by atoms with Gasteiger partial charge in [-0.1, -0.05) is 49.4 Å². The first-order valence-corrected chi connectivity index (χ1v) is 5.95. The molecule has 0 fully saturated rings. The Morgan fingerprint density at radius 2 is 1.56 bits per heavy atom. The molecule has 2 atom stereocenters. The van der Waals surface area contributed by atoms with Crippen LogP contribution < -0.4 is 0 Å². The molecule has 0 aliphatic heterocycles. The maximum Gasteiger partial charge on any atom is 0.0991 e. The first-order valence-electron chi connectivity index (χ1n) is 5.95. The number of aliphatic hydroxyl groups excluding tert-OH is 1. The number of hydrogen-bond acceptors (Lipinski definition) is 2. The van der Waals surface area contributed by atoms with Crippen LogP contribution in [-0.2, 0) is 0 Å². The average Bonchev–Trinajstić information content (AvgIpc) is 2.47. The lowest BCUT2D eigenvalue weighted by molar-refractivity contribution is 0.151. The lowest BCUT2D eigenvalue weighted by Crippen LogP contribution is -2.07. The summed E-state index contributed by atoms with van der Waals surface area (Å²) in [5.41, 5.74) is 2.58. The monoisotopic (exact) mass is 237 g/mol. The topological polar surface area (TPSA) is 44.0 Å². The molecule has 2 aromatic rings. The van der Waals surface area contributed by atoms with Gasteiger partial charge in [0.1, 0.15) is 0 Å². The minimum absolute atomic E-state index is 0.000132. The molecule has 2 rings (SSSR count). The molecule has 1 N–H and O–H groups in total. The summed E-state index contributed by atoms with van der Waals surface area (Å²) in [7, 11) is 0. The molecule has 0 saturated heterocycles. The molecule has 0 spiro atoms. The zero-order chi connectivity index (χ0) is 13.0. The van der Waals surface area contributed by atoms with Crippen molar-refractivity contribution in [2.75, 3.05) is 0 Å². The largest absolute Gasteiger partial charge is 0.388 e. The molecule has 0 bridgehead atoms. The molecule has 0 radical (unpaired) electrons. The molecule has 0 heterocycles. The summed E-state index contributed by atoms with van der Waals surface area (Å²) in [6.45, 7) is 1.99. The molecular weight excluding hydrogens is 222 g/mol. The summed E-state index contributed by atoms with van der Waals surface area (Å²) in [6, 6.07) is 19.1. The lowest BCUT2D eigenvalue weighted by Gasteiger charge is -2.19. The van der Waals surface area contributed by atoms with Gasteiger partial charge in [-0.05, 0) is 23.3 Å². The van der Waals surface area contributed by atoms with Crippen molar-refractivity contribution >= 4 is 0 Å². The van der Waals surface area contributed by atoms with Gasteiger partial charge in [0, 0.05) is 5.92 Å².